The van der Waals surface area contributed by atoms with Crippen molar-refractivity contribution >= 4 is 30.1 Å². The van der Waals surface area contributed by atoms with Gasteiger partial charge < -0.3 is 21.1 Å². The van der Waals surface area contributed by atoms with Crippen LogP contribution in [0.4, 0.5) is 16.0 Å². The molecule has 0 radical (unpaired) electrons. The fraction of sp³-hybridized carbons (Fsp3) is 0.562. The molecule has 1 amide bonds. The summed E-state index contributed by atoms with van der Waals surface area (Å²) in [4.78, 5) is 18.7. The molecule has 1 aromatic rings. The van der Waals surface area contributed by atoms with Crippen molar-refractivity contribution in [2.24, 2.45) is 4.99 Å². The Morgan fingerprint density at radius 1 is 1.60 bits per heavy atom. The van der Waals surface area contributed by atoms with Crippen molar-refractivity contribution in [1.29, 1.82) is 0 Å². The molecular formula is C16H23FN6O2. The number of halogens is 1. The molecule has 1 aliphatic carbocycles. The first-order chi connectivity index (χ1) is 12.0. The molecular weight excluding hydrogens is 327 g/mol. The van der Waals surface area contributed by atoms with E-state index < -0.39 is 17.6 Å². The van der Waals surface area contributed by atoms with Crippen LogP contribution in [0.2, 0.25) is 0 Å². The van der Waals surface area contributed by atoms with Crippen molar-refractivity contribution in [3.8, 4) is 0 Å². The van der Waals surface area contributed by atoms with Crippen LogP contribution >= 0.6 is 0 Å². The van der Waals surface area contributed by atoms with Crippen molar-refractivity contribution in [2.45, 2.75) is 37.9 Å². The molecule has 0 aromatic carbocycles. The van der Waals surface area contributed by atoms with Gasteiger partial charge >= 0.3 is 0 Å². The number of nitrogens with zero attached hydrogens (tertiary/aromatic N) is 4. The van der Waals surface area contributed by atoms with E-state index in [9.17, 15) is 14.3 Å². The van der Waals surface area contributed by atoms with Crippen LogP contribution in [-0.4, -0.2) is 63.4 Å². The lowest BCUT2D eigenvalue weighted by Crippen LogP contribution is -2.39. The molecule has 1 aromatic heterocycles. The third-order valence-electron chi connectivity index (χ3n) is 4.47. The van der Waals surface area contributed by atoms with Crippen molar-refractivity contribution in [2.75, 3.05) is 25.4 Å². The largest absolute Gasteiger partial charge is 0.394 e. The monoisotopic (exact) mass is 350 g/mol. The third kappa shape index (κ3) is 3.65. The van der Waals surface area contributed by atoms with Crippen LogP contribution in [0.25, 0.3) is 6.20 Å². The Morgan fingerprint density at radius 2 is 2.36 bits per heavy atom. The minimum atomic E-state index is -0.862. The first-order valence-electron chi connectivity index (χ1n) is 8.34. The van der Waals surface area contributed by atoms with E-state index in [1.807, 2.05) is 6.92 Å². The van der Waals surface area contributed by atoms with Crippen molar-refractivity contribution < 1.29 is 14.3 Å². The van der Waals surface area contributed by atoms with Crippen LogP contribution in [0.3, 0.4) is 0 Å². The summed E-state index contributed by atoms with van der Waals surface area (Å²) < 4.78 is 14.7. The van der Waals surface area contributed by atoms with E-state index in [1.165, 1.54) is 11.0 Å². The topological polar surface area (TPSA) is 109 Å². The second-order valence-corrected chi connectivity index (χ2v) is 6.53. The average molecular weight is 350 g/mol. The Labute approximate surface area is 145 Å². The maximum absolute atomic E-state index is 13.3. The van der Waals surface area contributed by atoms with Gasteiger partial charge in [-0.15, -0.1) is 5.10 Å². The van der Waals surface area contributed by atoms with Crippen molar-refractivity contribution in [1.82, 2.24) is 20.0 Å². The lowest BCUT2D eigenvalue weighted by molar-refractivity contribution is 0.0908. The molecule has 136 valence electrons. The summed E-state index contributed by atoms with van der Waals surface area (Å²) in [5.41, 5.74) is 5.51. The number of likely N-dealkylation sites (tertiary alicyclic amines) is 1. The fourth-order valence-electron chi connectivity index (χ4n) is 2.79. The molecule has 1 saturated heterocycles. The number of aliphatic hydroxyl groups is 1. The molecule has 0 unspecified atom stereocenters. The first kappa shape index (κ1) is 17.4. The molecule has 3 rings (SSSR count). The number of carbonyl (C=O) groups is 1. The molecule has 0 spiro atoms. The van der Waals surface area contributed by atoms with Crippen LogP contribution in [0.1, 0.15) is 36.5 Å². The number of hydrogen-bond acceptors (Lipinski definition) is 5. The number of nitrogen functional groups attached to an aromatic ring is 1. The summed E-state index contributed by atoms with van der Waals surface area (Å²) >= 11 is 0. The molecule has 2 aliphatic rings. The molecule has 2 fully saturated rings. The van der Waals surface area contributed by atoms with Crippen molar-refractivity contribution in [3.63, 3.8) is 0 Å². The Morgan fingerprint density at radius 3 is 2.92 bits per heavy atom. The molecule has 1 aliphatic heterocycles. The number of alkyl halides is 1. The van der Waals surface area contributed by atoms with Crippen LogP contribution in [0, 0.1) is 0 Å². The minimum Gasteiger partial charge on any atom is -0.394 e. The molecule has 0 bridgehead atoms. The number of nitrogens with one attached hydrogen (secondary N) is 1. The zero-order valence-electron chi connectivity index (χ0n) is 14.2. The first-order valence-corrected chi connectivity index (χ1v) is 8.34. The Hall–Kier alpha value is -2.42. The van der Waals surface area contributed by atoms with Crippen LogP contribution in [-0.2, 0) is 0 Å². The number of carbonyl (C=O) groups excluding carboxylic acids is 1. The van der Waals surface area contributed by atoms with Gasteiger partial charge in [-0.3, -0.25) is 4.79 Å². The summed E-state index contributed by atoms with van der Waals surface area (Å²) in [7, 11) is 0. The highest BCUT2D eigenvalue weighted by molar-refractivity contribution is 6.03. The average Bonchev–Trinajstić information content (AvgIpc) is 3.11. The van der Waals surface area contributed by atoms with Gasteiger partial charge in [0.05, 0.1) is 25.0 Å². The SMILES string of the molecule is C/C=C\n1nc(N)c(C(=O)NC2(CO)CC2)c1/N=C/N1CC[C@H](F)C1. The smallest absolute Gasteiger partial charge is 0.259 e. The quantitative estimate of drug-likeness (QED) is 0.522. The highest BCUT2D eigenvalue weighted by Crippen LogP contribution is 2.36. The predicted octanol–water partition coefficient (Wildman–Crippen LogP) is 0.914. The van der Waals surface area contributed by atoms with E-state index in [0.29, 0.717) is 13.0 Å². The number of aromatic nitrogens is 2. The molecule has 9 heteroatoms. The second-order valence-electron chi connectivity index (χ2n) is 6.53. The predicted molar refractivity (Wildman–Crippen MR) is 93.4 cm³/mol. The third-order valence-corrected chi connectivity index (χ3v) is 4.47. The van der Waals surface area contributed by atoms with Gasteiger partial charge in [0.2, 0.25) is 0 Å². The second kappa shape index (κ2) is 6.83. The maximum Gasteiger partial charge on any atom is 0.259 e. The normalized spacial score (nSPS) is 22.2. The van der Waals surface area contributed by atoms with Crippen molar-refractivity contribution in [3.05, 3.63) is 11.6 Å². The molecule has 1 saturated carbocycles. The highest BCUT2D eigenvalue weighted by Gasteiger charge is 2.44. The summed E-state index contributed by atoms with van der Waals surface area (Å²) in [5, 5.41) is 16.3. The number of allylic oxidation sites excluding steroid dienone is 1. The minimum absolute atomic E-state index is 0.0567. The van der Waals surface area contributed by atoms with E-state index in [4.69, 9.17) is 5.73 Å². The number of aliphatic hydroxyl groups excluding tert-OH is 1. The standard InChI is InChI=1S/C16H23FN6O2/c1-2-6-23-14(19-10-22-7-3-11(17)8-22)12(13(18)21-23)15(25)20-16(9-24)4-5-16/h2,6,10-11,24H,3-5,7-9H2,1H3,(H2,18,21)(H,20,25)/b6-2-,19-10+/t11-/m0/s1. The van der Waals surface area contributed by atoms with E-state index in [1.54, 1.807) is 17.2 Å². The Bertz CT molecular complexity index is 710. The fourth-order valence-corrected chi connectivity index (χ4v) is 2.79. The molecule has 8 nitrogen and oxygen atoms in total. The number of nitrogens with two attached hydrogens (primary N) is 1. The van der Waals surface area contributed by atoms with Gasteiger partial charge in [0.25, 0.3) is 5.91 Å². The molecule has 4 N–H and O–H groups in total. The van der Waals surface area contributed by atoms with Gasteiger partial charge in [0, 0.05) is 12.7 Å². The number of aliphatic imine (C=N–C) groups is 1. The molecule has 25 heavy (non-hydrogen) atoms. The van der Waals surface area contributed by atoms with Gasteiger partial charge in [-0.1, -0.05) is 6.08 Å². The van der Waals surface area contributed by atoms with Crippen LogP contribution in [0.5, 0.6) is 0 Å². The van der Waals surface area contributed by atoms with E-state index in [-0.39, 0.29) is 30.4 Å². The number of anilines is 1. The summed E-state index contributed by atoms with van der Waals surface area (Å²) in [6.45, 7) is 2.55. The molecule has 2 heterocycles. The van der Waals surface area contributed by atoms with Gasteiger partial charge in [-0.2, -0.15) is 0 Å². The Kier molecular flexibility index (Phi) is 4.76. The summed E-state index contributed by atoms with van der Waals surface area (Å²) in [6, 6.07) is 0. The lowest BCUT2D eigenvalue weighted by atomic mass is 10.2. The summed E-state index contributed by atoms with van der Waals surface area (Å²) in [6.07, 6.45) is 5.96. The van der Waals surface area contributed by atoms with E-state index in [2.05, 4.69) is 15.4 Å². The molecule has 1 atom stereocenters. The lowest BCUT2D eigenvalue weighted by Gasteiger charge is -2.14. The van der Waals surface area contributed by atoms with Gasteiger partial charge in [0.15, 0.2) is 11.6 Å². The van der Waals surface area contributed by atoms with E-state index in [0.717, 1.165) is 12.8 Å². The number of hydrogen-bond donors (Lipinski definition) is 3. The van der Waals surface area contributed by atoms with Crippen LogP contribution in [0.15, 0.2) is 11.1 Å². The number of rotatable bonds is 6. The van der Waals surface area contributed by atoms with Gasteiger partial charge in [-0.25, -0.2) is 14.1 Å². The van der Waals surface area contributed by atoms with Gasteiger partial charge in [-0.05, 0) is 26.2 Å². The van der Waals surface area contributed by atoms with Crippen LogP contribution < -0.4 is 11.1 Å². The zero-order valence-corrected chi connectivity index (χ0v) is 14.2. The van der Waals surface area contributed by atoms with Gasteiger partial charge in [0.1, 0.15) is 11.7 Å². The Balaban J connectivity index is 1.88. The zero-order chi connectivity index (χ0) is 18.0. The highest BCUT2D eigenvalue weighted by atomic mass is 19.1. The maximum atomic E-state index is 13.3. The summed E-state index contributed by atoms with van der Waals surface area (Å²) in [5.74, 6) is -0.0813. The van der Waals surface area contributed by atoms with E-state index >= 15 is 0 Å². The number of amides is 1.